The van der Waals surface area contributed by atoms with E-state index in [1.54, 1.807) is 0 Å². The van der Waals surface area contributed by atoms with Gasteiger partial charge in [-0.15, -0.1) is 0 Å². The second-order valence-electron chi connectivity index (χ2n) is 4.66. The Morgan fingerprint density at radius 1 is 1.41 bits per heavy atom. The van der Waals surface area contributed by atoms with E-state index >= 15 is 0 Å². The minimum atomic E-state index is -1.04. The molecule has 1 aliphatic rings. The Kier molecular flexibility index (Phi) is 4.74. The van der Waals surface area contributed by atoms with Gasteiger partial charge < -0.3 is 15.7 Å². The summed E-state index contributed by atoms with van der Waals surface area (Å²) >= 11 is 0. The molecule has 0 aromatic heterocycles. The van der Waals surface area contributed by atoms with Crippen molar-refractivity contribution in [3.63, 3.8) is 0 Å². The van der Waals surface area contributed by atoms with E-state index in [-0.39, 0.29) is 6.04 Å². The molecule has 6 heteroatoms. The molecule has 0 aromatic carbocycles. The van der Waals surface area contributed by atoms with Crippen molar-refractivity contribution in [2.75, 3.05) is 13.6 Å². The van der Waals surface area contributed by atoms with Gasteiger partial charge in [0.1, 0.15) is 6.04 Å². The molecule has 1 unspecified atom stereocenters. The second-order valence-corrected chi connectivity index (χ2v) is 4.66. The lowest BCUT2D eigenvalue weighted by Crippen LogP contribution is -2.48. The molecular formula is C11H21N3O3. The topological polar surface area (TPSA) is 81.7 Å². The molecule has 2 atom stereocenters. The Bertz CT molecular complexity index is 292. The summed E-state index contributed by atoms with van der Waals surface area (Å²) in [5.41, 5.74) is 0. The highest BCUT2D eigenvalue weighted by Gasteiger charge is 2.29. The second kappa shape index (κ2) is 5.86. The number of hydrogen-bond donors (Lipinski definition) is 3. The van der Waals surface area contributed by atoms with Crippen LogP contribution in [0.1, 0.15) is 26.7 Å². The summed E-state index contributed by atoms with van der Waals surface area (Å²) in [6, 6.07) is -0.399. The zero-order valence-corrected chi connectivity index (χ0v) is 10.6. The molecule has 0 spiro atoms. The molecule has 1 saturated carbocycles. The van der Waals surface area contributed by atoms with Crippen LogP contribution in [0.4, 0.5) is 4.79 Å². The molecule has 98 valence electrons. The summed E-state index contributed by atoms with van der Waals surface area (Å²) in [7, 11) is 2.04. The predicted molar refractivity (Wildman–Crippen MR) is 63.9 cm³/mol. The van der Waals surface area contributed by atoms with E-state index < -0.39 is 18.0 Å². The van der Waals surface area contributed by atoms with Crippen LogP contribution in [0.2, 0.25) is 0 Å². The number of carbonyl (C=O) groups is 2. The fourth-order valence-corrected chi connectivity index (χ4v) is 1.54. The number of rotatable bonds is 6. The number of amides is 2. The molecular weight excluding hydrogens is 222 g/mol. The summed E-state index contributed by atoms with van der Waals surface area (Å²) in [5.74, 6) is -1.04. The van der Waals surface area contributed by atoms with Crippen LogP contribution < -0.4 is 10.6 Å². The molecule has 0 heterocycles. The van der Waals surface area contributed by atoms with Gasteiger partial charge in [0.15, 0.2) is 0 Å². The number of carbonyl (C=O) groups excluding carboxylic acids is 1. The van der Waals surface area contributed by atoms with Gasteiger partial charge in [0.2, 0.25) is 0 Å². The minimum Gasteiger partial charge on any atom is -0.480 e. The highest BCUT2D eigenvalue weighted by Crippen LogP contribution is 2.26. The molecule has 0 aromatic rings. The lowest BCUT2D eigenvalue weighted by atomic mass is 10.3. The Morgan fingerprint density at radius 2 is 2.00 bits per heavy atom. The van der Waals surface area contributed by atoms with E-state index in [0.717, 1.165) is 0 Å². The van der Waals surface area contributed by atoms with Gasteiger partial charge in [-0.25, -0.2) is 4.79 Å². The number of nitrogens with one attached hydrogen (secondary N) is 2. The number of carboxylic acid groups (broad SMARTS) is 1. The molecule has 0 aliphatic heterocycles. The number of aliphatic carboxylic acids is 1. The standard InChI is InChI=1S/C11H21N3O3/c1-7(14(3)9-4-5-9)6-12-11(17)13-8(2)10(15)16/h7-9H,4-6H2,1-3H3,(H,15,16)(H2,12,13,17)/t7?,8-/m0/s1. The van der Waals surface area contributed by atoms with Gasteiger partial charge in [-0.3, -0.25) is 9.69 Å². The summed E-state index contributed by atoms with van der Waals surface area (Å²) in [5, 5.41) is 13.7. The lowest BCUT2D eigenvalue weighted by molar-refractivity contribution is -0.138. The zero-order chi connectivity index (χ0) is 13.0. The SMILES string of the molecule is CC(CNC(=O)N[C@@H](C)C(=O)O)N(C)C1CC1. The molecule has 2 amide bonds. The van der Waals surface area contributed by atoms with E-state index in [4.69, 9.17) is 5.11 Å². The van der Waals surface area contributed by atoms with E-state index in [0.29, 0.717) is 12.6 Å². The van der Waals surface area contributed by atoms with Crippen molar-refractivity contribution >= 4 is 12.0 Å². The highest BCUT2D eigenvalue weighted by atomic mass is 16.4. The first-order valence-corrected chi connectivity index (χ1v) is 5.91. The molecule has 0 saturated heterocycles. The quantitative estimate of drug-likeness (QED) is 0.624. The van der Waals surface area contributed by atoms with Crippen LogP contribution in [0, 0.1) is 0 Å². The zero-order valence-electron chi connectivity index (χ0n) is 10.6. The predicted octanol–water partition coefficient (Wildman–Crippen LogP) is 0.241. The summed E-state index contributed by atoms with van der Waals surface area (Å²) < 4.78 is 0. The van der Waals surface area contributed by atoms with Crippen molar-refractivity contribution in [2.45, 2.75) is 44.8 Å². The van der Waals surface area contributed by atoms with Gasteiger partial charge in [0, 0.05) is 18.6 Å². The molecule has 6 nitrogen and oxygen atoms in total. The fourth-order valence-electron chi connectivity index (χ4n) is 1.54. The third-order valence-corrected chi connectivity index (χ3v) is 3.09. The van der Waals surface area contributed by atoms with Crippen LogP contribution in [0.25, 0.3) is 0 Å². The number of hydrogen-bond acceptors (Lipinski definition) is 3. The molecule has 3 N–H and O–H groups in total. The molecule has 1 aliphatic carbocycles. The Hall–Kier alpha value is -1.30. The summed E-state index contributed by atoms with van der Waals surface area (Å²) in [6.45, 7) is 3.99. The smallest absolute Gasteiger partial charge is 0.325 e. The average molecular weight is 243 g/mol. The summed E-state index contributed by atoms with van der Waals surface area (Å²) in [6.07, 6.45) is 2.45. The van der Waals surface area contributed by atoms with Crippen LogP contribution in [-0.2, 0) is 4.79 Å². The van der Waals surface area contributed by atoms with Crippen molar-refractivity contribution in [2.24, 2.45) is 0 Å². The number of nitrogens with zero attached hydrogens (tertiary/aromatic N) is 1. The van der Waals surface area contributed by atoms with Crippen LogP contribution in [0.3, 0.4) is 0 Å². The van der Waals surface area contributed by atoms with E-state index in [9.17, 15) is 9.59 Å². The van der Waals surface area contributed by atoms with Crippen molar-refractivity contribution in [1.82, 2.24) is 15.5 Å². The van der Waals surface area contributed by atoms with Crippen molar-refractivity contribution in [3.8, 4) is 0 Å². The van der Waals surface area contributed by atoms with Crippen molar-refractivity contribution < 1.29 is 14.7 Å². The molecule has 1 rings (SSSR count). The van der Waals surface area contributed by atoms with Gasteiger partial charge in [-0.2, -0.15) is 0 Å². The van der Waals surface area contributed by atoms with E-state index in [2.05, 4.69) is 15.5 Å². The maximum atomic E-state index is 11.4. The molecule has 0 bridgehead atoms. The Morgan fingerprint density at radius 3 is 2.47 bits per heavy atom. The van der Waals surface area contributed by atoms with Crippen LogP contribution in [-0.4, -0.2) is 53.7 Å². The normalized spacial score (nSPS) is 18.6. The fraction of sp³-hybridized carbons (Fsp3) is 0.818. The van der Waals surface area contributed by atoms with Gasteiger partial charge >= 0.3 is 12.0 Å². The maximum Gasteiger partial charge on any atom is 0.325 e. The van der Waals surface area contributed by atoms with Crippen molar-refractivity contribution in [1.29, 1.82) is 0 Å². The van der Waals surface area contributed by atoms with E-state index in [1.165, 1.54) is 19.8 Å². The lowest BCUT2D eigenvalue weighted by Gasteiger charge is -2.24. The maximum absolute atomic E-state index is 11.4. The van der Waals surface area contributed by atoms with Gasteiger partial charge in [0.25, 0.3) is 0 Å². The monoisotopic (exact) mass is 243 g/mol. The summed E-state index contributed by atoms with van der Waals surface area (Å²) in [4.78, 5) is 24.1. The van der Waals surface area contributed by atoms with Crippen LogP contribution >= 0.6 is 0 Å². The average Bonchev–Trinajstić information content (AvgIpc) is 3.08. The van der Waals surface area contributed by atoms with E-state index in [1.807, 2.05) is 14.0 Å². The number of carboxylic acids is 1. The largest absolute Gasteiger partial charge is 0.480 e. The first kappa shape index (κ1) is 13.8. The van der Waals surface area contributed by atoms with Crippen LogP contribution in [0.5, 0.6) is 0 Å². The minimum absolute atomic E-state index is 0.258. The first-order chi connectivity index (χ1) is 7.91. The van der Waals surface area contributed by atoms with Crippen molar-refractivity contribution in [3.05, 3.63) is 0 Å². The highest BCUT2D eigenvalue weighted by molar-refractivity contribution is 5.82. The van der Waals surface area contributed by atoms with Gasteiger partial charge in [-0.1, -0.05) is 0 Å². The van der Waals surface area contributed by atoms with Gasteiger partial charge in [0.05, 0.1) is 0 Å². The molecule has 0 radical (unpaired) electrons. The van der Waals surface area contributed by atoms with Crippen LogP contribution in [0.15, 0.2) is 0 Å². The molecule has 1 fully saturated rings. The molecule has 17 heavy (non-hydrogen) atoms. The number of urea groups is 1. The third kappa shape index (κ3) is 4.60. The number of likely N-dealkylation sites (N-methyl/N-ethyl adjacent to an activating group) is 1. The Labute approximate surface area is 101 Å². The third-order valence-electron chi connectivity index (χ3n) is 3.09. The first-order valence-electron chi connectivity index (χ1n) is 5.91. The Balaban J connectivity index is 2.20. The van der Waals surface area contributed by atoms with Gasteiger partial charge in [-0.05, 0) is 33.7 Å².